The zero-order valence-electron chi connectivity index (χ0n) is 12.1. The van der Waals surface area contributed by atoms with E-state index in [-0.39, 0.29) is 0 Å². The first-order valence-corrected chi connectivity index (χ1v) is 10.0. The first-order chi connectivity index (χ1) is 7.79. The maximum Gasteiger partial charge on any atom is 0.192 e. The average Bonchev–Trinajstić information content (AvgIpc) is 2.86. The van der Waals surface area contributed by atoms with E-state index < -0.39 is 8.32 Å². The summed E-state index contributed by atoms with van der Waals surface area (Å²) in [4.78, 5) is 0. The van der Waals surface area contributed by atoms with Gasteiger partial charge in [0.1, 0.15) is 0 Å². The smallest absolute Gasteiger partial charge is 0.192 e. The Hall–Kier alpha value is 0.137. The van der Waals surface area contributed by atoms with Gasteiger partial charge >= 0.3 is 0 Å². The summed E-state index contributed by atoms with van der Waals surface area (Å²) in [5.74, 6) is 0. The van der Waals surface area contributed by atoms with Crippen LogP contribution in [0.2, 0.25) is 18.1 Å². The van der Waals surface area contributed by atoms with E-state index in [1.807, 2.05) is 0 Å². The molecule has 1 saturated carbocycles. The normalized spacial score (nSPS) is 34.8. The van der Waals surface area contributed by atoms with Crippen LogP contribution in [-0.4, -0.2) is 26.6 Å². The molecule has 100 valence electrons. The fourth-order valence-electron chi connectivity index (χ4n) is 2.44. The van der Waals surface area contributed by atoms with Gasteiger partial charge in [0, 0.05) is 6.10 Å². The van der Waals surface area contributed by atoms with Crippen LogP contribution >= 0.6 is 0 Å². The Balaban J connectivity index is 1.88. The van der Waals surface area contributed by atoms with Gasteiger partial charge in [-0.1, -0.05) is 20.8 Å². The van der Waals surface area contributed by atoms with Crippen molar-refractivity contribution in [3.8, 4) is 0 Å². The second kappa shape index (κ2) is 4.67. The Kier molecular flexibility index (Phi) is 3.73. The third-order valence-corrected chi connectivity index (χ3v) is 9.28. The fourth-order valence-corrected chi connectivity index (χ4v) is 3.86. The molecule has 2 aliphatic rings. The van der Waals surface area contributed by atoms with Crippen LogP contribution in [0.15, 0.2) is 0 Å². The minimum Gasteiger partial charge on any atom is -0.414 e. The van der Waals surface area contributed by atoms with Crippen LogP contribution in [0.25, 0.3) is 0 Å². The summed E-state index contributed by atoms with van der Waals surface area (Å²) < 4.78 is 12.2. The lowest BCUT2D eigenvalue weighted by Crippen LogP contribution is -2.44. The van der Waals surface area contributed by atoms with Crippen molar-refractivity contribution < 1.29 is 9.16 Å². The molecular weight excluding hydrogens is 228 g/mol. The van der Waals surface area contributed by atoms with Crippen molar-refractivity contribution in [2.75, 3.05) is 0 Å². The average molecular weight is 256 g/mol. The Bertz CT molecular complexity index is 270. The fraction of sp³-hybridized carbons (Fsp3) is 1.00. The quantitative estimate of drug-likeness (QED) is 0.548. The molecule has 0 aromatic carbocycles. The van der Waals surface area contributed by atoms with Crippen LogP contribution < -0.4 is 0 Å². The van der Waals surface area contributed by atoms with Crippen molar-refractivity contribution in [1.82, 2.24) is 0 Å². The third-order valence-electron chi connectivity index (χ3n) is 4.74. The molecule has 17 heavy (non-hydrogen) atoms. The van der Waals surface area contributed by atoms with Crippen molar-refractivity contribution in [2.24, 2.45) is 0 Å². The van der Waals surface area contributed by atoms with E-state index in [1.54, 1.807) is 0 Å². The Morgan fingerprint density at radius 1 is 1.00 bits per heavy atom. The molecule has 0 unspecified atom stereocenters. The molecule has 3 heteroatoms. The van der Waals surface area contributed by atoms with Crippen LogP contribution in [0.1, 0.15) is 52.9 Å². The van der Waals surface area contributed by atoms with Crippen molar-refractivity contribution in [3.63, 3.8) is 0 Å². The van der Waals surface area contributed by atoms with Crippen LogP contribution in [0.3, 0.4) is 0 Å². The van der Waals surface area contributed by atoms with Gasteiger partial charge in [0.25, 0.3) is 0 Å². The lowest BCUT2D eigenvalue weighted by atomic mass is 9.99. The zero-order chi connectivity index (χ0) is 12.7. The maximum atomic E-state index is 6.53. The summed E-state index contributed by atoms with van der Waals surface area (Å²) in [5, 5.41) is 0.327. The predicted octanol–water partition coefficient (Wildman–Crippen LogP) is 4.11. The van der Waals surface area contributed by atoms with Crippen molar-refractivity contribution in [3.05, 3.63) is 0 Å². The molecule has 0 amide bonds. The van der Waals surface area contributed by atoms with E-state index in [0.29, 0.717) is 23.4 Å². The van der Waals surface area contributed by atoms with Gasteiger partial charge in [-0.15, -0.1) is 0 Å². The molecule has 1 aliphatic carbocycles. The van der Waals surface area contributed by atoms with Gasteiger partial charge in [-0.05, 0) is 50.2 Å². The van der Waals surface area contributed by atoms with E-state index in [1.165, 1.54) is 32.1 Å². The van der Waals surface area contributed by atoms with Crippen molar-refractivity contribution in [2.45, 2.75) is 89.3 Å². The predicted molar refractivity (Wildman–Crippen MR) is 73.8 cm³/mol. The van der Waals surface area contributed by atoms with E-state index in [9.17, 15) is 0 Å². The molecule has 1 aliphatic heterocycles. The van der Waals surface area contributed by atoms with Gasteiger partial charge in [-0.3, -0.25) is 0 Å². The van der Waals surface area contributed by atoms with Gasteiger partial charge in [0.2, 0.25) is 0 Å². The van der Waals surface area contributed by atoms with Gasteiger partial charge < -0.3 is 9.16 Å². The topological polar surface area (TPSA) is 21.8 Å². The highest BCUT2D eigenvalue weighted by Gasteiger charge is 2.42. The van der Waals surface area contributed by atoms with Gasteiger partial charge in [-0.2, -0.15) is 0 Å². The Morgan fingerprint density at radius 2 is 1.65 bits per heavy atom. The zero-order valence-corrected chi connectivity index (χ0v) is 13.1. The summed E-state index contributed by atoms with van der Waals surface area (Å²) in [7, 11) is -1.58. The first kappa shape index (κ1) is 13.6. The summed E-state index contributed by atoms with van der Waals surface area (Å²) in [6, 6.07) is 0. The number of epoxide rings is 1. The number of hydrogen-bond donors (Lipinski definition) is 0. The van der Waals surface area contributed by atoms with Gasteiger partial charge in [0.15, 0.2) is 8.32 Å². The molecule has 1 heterocycles. The maximum absolute atomic E-state index is 6.53. The summed E-state index contributed by atoms with van der Waals surface area (Å²) in [5.41, 5.74) is 0. The number of fused-ring (bicyclic) bond motifs is 1. The molecule has 2 rings (SSSR count). The first-order valence-electron chi connectivity index (χ1n) is 7.13. The molecule has 0 aromatic heterocycles. The van der Waals surface area contributed by atoms with Crippen molar-refractivity contribution in [1.29, 1.82) is 0 Å². The summed E-state index contributed by atoms with van der Waals surface area (Å²) >= 11 is 0. The third kappa shape index (κ3) is 3.33. The monoisotopic (exact) mass is 256 g/mol. The molecule has 0 radical (unpaired) electrons. The minimum atomic E-state index is -1.58. The van der Waals surface area contributed by atoms with Crippen LogP contribution in [0.4, 0.5) is 0 Å². The standard InChI is InChI=1S/C14H28O2Si/c1-14(2,3)17(4,5)16-11-7-6-8-12-13(15-12)10-9-11/h11-13H,6-10H2,1-5H3/t11-,12-,13+/m1/s1. The van der Waals surface area contributed by atoms with Crippen LogP contribution in [0.5, 0.6) is 0 Å². The number of hydrogen-bond acceptors (Lipinski definition) is 2. The molecule has 2 nitrogen and oxygen atoms in total. The minimum absolute atomic E-state index is 0.327. The molecule has 0 spiro atoms. The van der Waals surface area contributed by atoms with E-state index >= 15 is 0 Å². The second-order valence-corrected chi connectivity index (χ2v) is 12.0. The lowest BCUT2D eigenvalue weighted by molar-refractivity contribution is 0.151. The van der Waals surface area contributed by atoms with E-state index in [2.05, 4.69) is 33.9 Å². The Morgan fingerprint density at radius 3 is 2.29 bits per heavy atom. The molecule has 0 N–H and O–H groups in total. The molecule has 2 fully saturated rings. The summed E-state index contributed by atoms with van der Waals surface area (Å²) in [6.07, 6.45) is 7.84. The van der Waals surface area contributed by atoms with Crippen LogP contribution in [-0.2, 0) is 9.16 Å². The molecule has 3 atom stereocenters. The molecule has 0 bridgehead atoms. The lowest BCUT2D eigenvalue weighted by Gasteiger charge is -2.39. The highest BCUT2D eigenvalue weighted by atomic mass is 28.4. The Labute approximate surface area is 107 Å². The number of rotatable bonds is 2. The van der Waals surface area contributed by atoms with Crippen LogP contribution in [0, 0.1) is 0 Å². The van der Waals surface area contributed by atoms with Crippen molar-refractivity contribution >= 4 is 8.32 Å². The van der Waals surface area contributed by atoms with E-state index in [4.69, 9.17) is 9.16 Å². The highest BCUT2D eigenvalue weighted by molar-refractivity contribution is 6.74. The second-order valence-electron chi connectivity index (χ2n) is 7.22. The van der Waals surface area contributed by atoms with Gasteiger partial charge in [-0.25, -0.2) is 0 Å². The summed E-state index contributed by atoms with van der Waals surface area (Å²) in [6.45, 7) is 11.7. The largest absolute Gasteiger partial charge is 0.414 e. The van der Waals surface area contributed by atoms with Gasteiger partial charge in [0.05, 0.1) is 12.2 Å². The molecular formula is C14H28O2Si. The highest BCUT2D eigenvalue weighted by Crippen LogP contribution is 2.40. The number of ether oxygens (including phenoxy) is 1. The SMILES string of the molecule is CC(C)(C)[Si](C)(C)O[C@@H]1CCC[C@H]2O[C@H]2CC1. The molecule has 1 saturated heterocycles. The van der Waals surface area contributed by atoms with E-state index in [0.717, 1.165) is 0 Å². The molecule has 0 aromatic rings.